The second-order valence-corrected chi connectivity index (χ2v) is 7.35. The maximum atomic E-state index is 13.3. The number of hydrogen-bond acceptors (Lipinski definition) is 3. The van der Waals surface area contributed by atoms with Gasteiger partial charge in [-0.05, 0) is 41.7 Å². The Kier molecular flexibility index (Phi) is 5.89. The average Bonchev–Trinajstić information content (AvgIpc) is 2.79. The lowest BCUT2D eigenvalue weighted by molar-refractivity contribution is 0.182. The second kappa shape index (κ2) is 8.91. The Balaban J connectivity index is 1.60. The number of carbonyl (C=O) groups is 1. The van der Waals surface area contributed by atoms with Gasteiger partial charge in [-0.2, -0.15) is 0 Å². The van der Waals surface area contributed by atoms with E-state index in [2.05, 4.69) is 35.6 Å². The lowest BCUT2D eigenvalue weighted by Gasteiger charge is -2.37. The van der Waals surface area contributed by atoms with Gasteiger partial charge >= 0.3 is 6.03 Å². The Morgan fingerprint density at radius 1 is 0.967 bits per heavy atom. The first kappa shape index (κ1) is 19.8. The van der Waals surface area contributed by atoms with E-state index in [0.29, 0.717) is 23.7 Å². The molecule has 5 heteroatoms. The molecule has 3 aromatic carbocycles. The molecule has 1 N–H and O–H groups in total. The van der Waals surface area contributed by atoms with Gasteiger partial charge in [0, 0.05) is 18.3 Å². The normalized spacial score (nSPS) is 15.3. The van der Waals surface area contributed by atoms with Crippen LogP contribution >= 0.6 is 0 Å². The van der Waals surface area contributed by atoms with E-state index in [4.69, 9.17) is 9.47 Å². The Labute approximate surface area is 177 Å². The summed E-state index contributed by atoms with van der Waals surface area (Å²) < 4.78 is 10.6. The van der Waals surface area contributed by atoms with Gasteiger partial charge in [-0.1, -0.05) is 54.6 Å². The monoisotopic (exact) mass is 402 g/mol. The highest BCUT2D eigenvalue weighted by atomic mass is 16.5. The minimum atomic E-state index is -0.113. The van der Waals surface area contributed by atoms with Crippen LogP contribution in [0.5, 0.6) is 11.5 Å². The van der Waals surface area contributed by atoms with E-state index >= 15 is 0 Å². The van der Waals surface area contributed by atoms with Crippen LogP contribution < -0.4 is 14.8 Å². The number of methoxy groups -OCH3 is 2. The molecule has 0 saturated heterocycles. The maximum absolute atomic E-state index is 13.3. The van der Waals surface area contributed by atoms with Crippen LogP contribution in [0.4, 0.5) is 10.5 Å². The highest BCUT2D eigenvalue weighted by Gasteiger charge is 2.31. The first-order chi connectivity index (χ1) is 14.7. The van der Waals surface area contributed by atoms with E-state index in [1.165, 1.54) is 16.7 Å². The number of urea groups is 1. The zero-order chi connectivity index (χ0) is 20.9. The highest BCUT2D eigenvalue weighted by Crippen LogP contribution is 2.34. The summed E-state index contributed by atoms with van der Waals surface area (Å²) in [6, 6.07) is 24.0. The number of nitrogens with zero attached hydrogens (tertiary/aromatic N) is 1. The van der Waals surface area contributed by atoms with E-state index in [9.17, 15) is 4.79 Å². The molecule has 30 heavy (non-hydrogen) atoms. The van der Waals surface area contributed by atoms with Gasteiger partial charge in [-0.25, -0.2) is 4.79 Å². The highest BCUT2D eigenvalue weighted by molar-refractivity contribution is 5.90. The lowest BCUT2D eigenvalue weighted by Crippen LogP contribution is -2.43. The summed E-state index contributed by atoms with van der Waals surface area (Å²) in [5.41, 5.74) is 4.42. The van der Waals surface area contributed by atoms with Crippen molar-refractivity contribution < 1.29 is 14.3 Å². The first-order valence-electron chi connectivity index (χ1n) is 10.1. The van der Waals surface area contributed by atoms with Crippen molar-refractivity contribution in [1.82, 2.24) is 4.90 Å². The molecule has 3 aromatic rings. The van der Waals surface area contributed by atoms with Crippen molar-refractivity contribution >= 4 is 11.7 Å². The van der Waals surface area contributed by atoms with Crippen LogP contribution in [-0.2, 0) is 12.8 Å². The number of fused-ring (bicyclic) bond motifs is 1. The molecule has 1 aliphatic heterocycles. The molecule has 0 fully saturated rings. The third kappa shape index (κ3) is 4.10. The minimum Gasteiger partial charge on any atom is -0.493 e. The summed E-state index contributed by atoms with van der Waals surface area (Å²) in [7, 11) is 3.18. The number of benzene rings is 3. The molecular weight excluding hydrogens is 376 g/mol. The van der Waals surface area contributed by atoms with Gasteiger partial charge in [0.2, 0.25) is 0 Å². The Hall–Kier alpha value is -3.47. The molecule has 1 atom stereocenters. The van der Waals surface area contributed by atoms with Crippen molar-refractivity contribution in [3.05, 3.63) is 89.5 Å². The molecule has 0 radical (unpaired) electrons. The number of carbonyl (C=O) groups excluding carboxylic acids is 1. The SMILES string of the molecule is COc1ccc(NC(=O)N2CCc3ccccc3[C@H]2Cc2ccccc2)cc1OC. The summed E-state index contributed by atoms with van der Waals surface area (Å²) in [5, 5.41) is 3.04. The van der Waals surface area contributed by atoms with Crippen molar-refractivity contribution in [2.24, 2.45) is 0 Å². The van der Waals surface area contributed by atoms with E-state index in [-0.39, 0.29) is 12.1 Å². The van der Waals surface area contributed by atoms with Crippen LogP contribution in [0.15, 0.2) is 72.8 Å². The Morgan fingerprint density at radius 3 is 2.47 bits per heavy atom. The molecule has 0 spiro atoms. The van der Waals surface area contributed by atoms with Gasteiger partial charge in [-0.3, -0.25) is 0 Å². The zero-order valence-corrected chi connectivity index (χ0v) is 17.3. The van der Waals surface area contributed by atoms with Gasteiger partial charge in [-0.15, -0.1) is 0 Å². The van der Waals surface area contributed by atoms with Crippen molar-refractivity contribution in [2.45, 2.75) is 18.9 Å². The van der Waals surface area contributed by atoms with E-state index < -0.39 is 0 Å². The molecule has 2 amide bonds. The topological polar surface area (TPSA) is 50.8 Å². The number of rotatable bonds is 5. The van der Waals surface area contributed by atoms with Crippen LogP contribution in [-0.4, -0.2) is 31.7 Å². The van der Waals surface area contributed by atoms with Crippen molar-refractivity contribution in [3.63, 3.8) is 0 Å². The first-order valence-corrected chi connectivity index (χ1v) is 10.1. The number of hydrogen-bond donors (Lipinski definition) is 1. The smallest absolute Gasteiger partial charge is 0.322 e. The van der Waals surface area contributed by atoms with E-state index in [1.807, 2.05) is 35.2 Å². The molecule has 4 rings (SSSR count). The third-order valence-corrected chi connectivity index (χ3v) is 5.58. The molecule has 0 aromatic heterocycles. The van der Waals surface area contributed by atoms with Gasteiger partial charge in [0.25, 0.3) is 0 Å². The van der Waals surface area contributed by atoms with Crippen LogP contribution in [0.2, 0.25) is 0 Å². The maximum Gasteiger partial charge on any atom is 0.322 e. The van der Waals surface area contributed by atoms with Crippen molar-refractivity contribution in [2.75, 3.05) is 26.1 Å². The minimum absolute atomic E-state index is 0.0162. The molecule has 5 nitrogen and oxygen atoms in total. The zero-order valence-electron chi connectivity index (χ0n) is 17.3. The Morgan fingerprint density at radius 2 is 1.70 bits per heavy atom. The molecule has 154 valence electrons. The average molecular weight is 402 g/mol. The van der Waals surface area contributed by atoms with Gasteiger partial charge in [0.1, 0.15) is 0 Å². The van der Waals surface area contributed by atoms with E-state index in [1.54, 1.807) is 26.4 Å². The molecule has 0 unspecified atom stereocenters. The fourth-order valence-electron chi connectivity index (χ4n) is 4.06. The summed E-state index contributed by atoms with van der Waals surface area (Å²) in [4.78, 5) is 15.2. The van der Waals surface area contributed by atoms with Crippen LogP contribution in [0, 0.1) is 0 Å². The largest absolute Gasteiger partial charge is 0.493 e. The van der Waals surface area contributed by atoms with Crippen LogP contribution in [0.1, 0.15) is 22.7 Å². The van der Waals surface area contributed by atoms with Crippen LogP contribution in [0.3, 0.4) is 0 Å². The molecule has 1 heterocycles. The van der Waals surface area contributed by atoms with E-state index in [0.717, 1.165) is 12.8 Å². The summed E-state index contributed by atoms with van der Waals surface area (Å²) in [6.07, 6.45) is 1.62. The molecule has 0 aliphatic carbocycles. The third-order valence-electron chi connectivity index (χ3n) is 5.58. The quantitative estimate of drug-likeness (QED) is 0.648. The Bertz CT molecular complexity index is 1020. The molecular formula is C25H26N2O3. The second-order valence-electron chi connectivity index (χ2n) is 7.35. The molecule has 0 saturated carbocycles. The van der Waals surface area contributed by atoms with Gasteiger partial charge in [0.05, 0.1) is 20.3 Å². The number of ether oxygens (including phenoxy) is 2. The molecule has 0 bridgehead atoms. The number of nitrogens with one attached hydrogen (secondary N) is 1. The predicted octanol–water partition coefficient (Wildman–Crippen LogP) is 5.08. The standard InChI is InChI=1S/C25H26N2O3/c1-29-23-13-12-20(17-24(23)30-2)26-25(28)27-15-14-19-10-6-7-11-21(19)22(27)16-18-8-4-3-5-9-18/h3-13,17,22H,14-16H2,1-2H3,(H,26,28)/t22-/m1/s1. The van der Waals surface area contributed by atoms with Gasteiger partial charge < -0.3 is 19.7 Å². The number of anilines is 1. The summed E-state index contributed by atoms with van der Waals surface area (Å²) in [5.74, 6) is 1.21. The van der Waals surface area contributed by atoms with Gasteiger partial charge in [0.15, 0.2) is 11.5 Å². The fourth-order valence-corrected chi connectivity index (χ4v) is 4.06. The van der Waals surface area contributed by atoms with Crippen molar-refractivity contribution in [1.29, 1.82) is 0 Å². The molecule has 1 aliphatic rings. The van der Waals surface area contributed by atoms with Crippen LogP contribution in [0.25, 0.3) is 0 Å². The van der Waals surface area contributed by atoms with Crippen molar-refractivity contribution in [3.8, 4) is 11.5 Å². The number of amides is 2. The summed E-state index contributed by atoms with van der Waals surface area (Å²) in [6.45, 7) is 0.674. The lowest BCUT2D eigenvalue weighted by atomic mass is 9.89. The fraction of sp³-hybridized carbons (Fsp3) is 0.240. The predicted molar refractivity (Wildman–Crippen MR) is 118 cm³/mol. The summed E-state index contributed by atoms with van der Waals surface area (Å²) >= 11 is 0.